The van der Waals surface area contributed by atoms with Crippen LogP contribution in [0.25, 0.3) is 0 Å². The van der Waals surface area contributed by atoms with Crippen LogP contribution in [0.15, 0.2) is 67.1 Å². The van der Waals surface area contributed by atoms with E-state index in [1.165, 1.54) is 23.9 Å². The monoisotopic (exact) mass is 474 g/mol. The van der Waals surface area contributed by atoms with Crippen LogP contribution >= 0.6 is 0 Å². The number of imidazole rings is 1. The summed E-state index contributed by atoms with van der Waals surface area (Å²) in [5.41, 5.74) is 4.43. The number of esters is 1. The average Bonchev–Trinajstić information content (AvgIpc) is 3.35. The molecule has 4 rings (SSSR count). The first kappa shape index (κ1) is 24.5. The maximum absolute atomic E-state index is 13.0. The maximum atomic E-state index is 13.0. The zero-order valence-electron chi connectivity index (χ0n) is 20.5. The van der Waals surface area contributed by atoms with E-state index in [0.29, 0.717) is 13.0 Å². The quantitative estimate of drug-likeness (QED) is 0.480. The van der Waals surface area contributed by atoms with E-state index in [1.807, 2.05) is 29.0 Å². The van der Waals surface area contributed by atoms with Gasteiger partial charge in [-0.05, 0) is 42.5 Å². The van der Waals surface area contributed by atoms with Crippen molar-refractivity contribution in [1.82, 2.24) is 14.9 Å². The molecule has 1 unspecified atom stereocenters. The number of nitrogens with one attached hydrogen (secondary N) is 1. The highest BCUT2D eigenvalue weighted by atomic mass is 16.5. The predicted molar refractivity (Wildman–Crippen MR) is 136 cm³/mol. The molecule has 1 N–H and O–H groups in total. The largest absolute Gasteiger partial charge is 0.467 e. The third-order valence-electron chi connectivity index (χ3n) is 6.66. The van der Waals surface area contributed by atoms with E-state index in [-0.39, 0.29) is 11.8 Å². The van der Waals surface area contributed by atoms with E-state index in [9.17, 15) is 9.59 Å². The molecule has 0 spiro atoms. The molecule has 2 heterocycles. The smallest absolute Gasteiger partial charge is 0.328 e. The lowest BCUT2D eigenvalue weighted by Gasteiger charge is -2.33. The van der Waals surface area contributed by atoms with Crippen molar-refractivity contribution in [1.29, 1.82) is 0 Å². The Morgan fingerprint density at radius 2 is 1.83 bits per heavy atom. The summed E-state index contributed by atoms with van der Waals surface area (Å²) in [5.74, 6) is -0.667. The number of carbonyl (C=O) groups is 2. The Balaban J connectivity index is 1.33. The van der Waals surface area contributed by atoms with Crippen LogP contribution in [-0.2, 0) is 33.7 Å². The van der Waals surface area contributed by atoms with Crippen LogP contribution in [0.4, 0.5) is 5.69 Å². The first-order valence-corrected chi connectivity index (χ1v) is 12.3. The summed E-state index contributed by atoms with van der Waals surface area (Å²) >= 11 is 0. The van der Waals surface area contributed by atoms with Crippen LogP contribution in [-0.4, -0.2) is 47.7 Å². The summed E-state index contributed by atoms with van der Waals surface area (Å²) in [5, 5.41) is 2.94. The molecule has 1 aliphatic heterocycles. The Hall–Kier alpha value is -3.61. The lowest BCUT2D eigenvalue weighted by Crippen LogP contribution is -2.48. The first-order valence-electron chi connectivity index (χ1n) is 12.3. The Morgan fingerprint density at radius 3 is 2.54 bits per heavy atom. The Morgan fingerprint density at radius 1 is 1.09 bits per heavy atom. The number of amides is 1. The Labute approximate surface area is 207 Å². The summed E-state index contributed by atoms with van der Waals surface area (Å²) in [6.45, 7) is 4.49. The fourth-order valence-corrected chi connectivity index (χ4v) is 4.60. The van der Waals surface area contributed by atoms with E-state index in [1.54, 1.807) is 6.33 Å². The highest BCUT2D eigenvalue weighted by Crippen LogP contribution is 2.24. The Kier molecular flexibility index (Phi) is 8.19. The van der Waals surface area contributed by atoms with Gasteiger partial charge in [0.25, 0.3) is 0 Å². The molecule has 7 nitrogen and oxygen atoms in total. The first-order chi connectivity index (χ1) is 17.1. The van der Waals surface area contributed by atoms with Gasteiger partial charge < -0.3 is 19.5 Å². The standard InChI is InChI=1S/C28H34N4O3/c1-3-21-10-7-11-25(16-21)32-14-12-23(13-15-32)27(33)30-26(28(34)35-2)17-24-19-31(20-29-24)18-22-8-5-4-6-9-22/h4-11,16,19-20,23,26H,3,12-15,17-18H2,1-2H3,(H,30,33). The molecule has 1 fully saturated rings. The fourth-order valence-electron chi connectivity index (χ4n) is 4.60. The zero-order valence-corrected chi connectivity index (χ0v) is 20.5. The Bertz CT molecular complexity index is 1120. The normalized spacial score (nSPS) is 15.0. The third kappa shape index (κ3) is 6.50. The van der Waals surface area contributed by atoms with E-state index in [4.69, 9.17) is 4.74 Å². The minimum Gasteiger partial charge on any atom is -0.467 e. The van der Waals surface area contributed by atoms with Crippen LogP contribution < -0.4 is 10.2 Å². The topological polar surface area (TPSA) is 76.5 Å². The van der Waals surface area contributed by atoms with Crippen molar-refractivity contribution >= 4 is 17.6 Å². The van der Waals surface area contributed by atoms with Crippen molar-refractivity contribution in [3.05, 3.63) is 83.9 Å². The number of ether oxygens (including phenoxy) is 1. The van der Waals surface area contributed by atoms with Gasteiger partial charge in [-0.2, -0.15) is 0 Å². The molecule has 0 bridgehead atoms. The number of rotatable bonds is 9. The zero-order chi connectivity index (χ0) is 24.6. The molecule has 2 aromatic carbocycles. The molecule has 35 heavy (non-hydrogen) atoms. The summed E-state index contributed by atoms with van der Waals surface area (Å²) in [7, 11) is 1.35. The van der Waals surface area contributed by atoms with Crippen molar-refractivity contribution < 1.29 is 14.3 Å². The van der Waals surface area contributed by atoms with Crippen LogP contribution in [0.5, 0.6) is 0 Å². The molecule has 184 valence electrons. The summed E-state index contributed by atoms with van der Waals surface area (Å²) in [4.78, 5) is 32.3. The molecule has 0 radical (unpaired) electrons. The van der Waals surface area contributed by atoms with Gasteiger partial charge in [-0.1, -0.05) is 49.4 Å². The molecule has 1 amide bonds. The molecule has 1 saturated heterocycles. The van der Waals surface area contributed by atoms with Crippen LogP contribution in [0.3, 0.4) is 0 Å². The van der Waals surface area contributed by atoms with Crippen molar-refractivity contribution in [2.24, 2.45) is 5.92 Å². The summed E-state index contributed by atoms with van der Waals surface area (Å²) in [6.07, 6.45) is 6.47. The minimum absolute atomic E-state index is 0.0916. The number of aromatic nitrogens is 2. The third-order valence-corrected chi connectivity index (χ3v) is 6.66. The van der Waals surface area contributed by atoms with E-state index in [2.05, 4.69) is 58.5 Å². The second kappa shape index (κ2) is 11.7. The number of nitrogens with zero attached hydrogens (tertiary/aromatic N) is 3. The van der Waals surface area contributed by atoms with Gasteiger partial charge in [-0.3, -0.25) is 4.79 Å². The lowest BCUT2D eigenvalue weighted by atomic mass is 9.94. The molecule has 1 aliphatic rings. The number of anilines is 1. The lowest BCUT2D eigenvalue weighted by molar-refractivity contribution is -0.145. The van der Waals surface area contributed by atoms with E-state index in [0.717, 1.165) is 38.0 Å². The molecule has 1 aromatic heterocycles. The van der Waals surface area contributed by atoms with Crippen molar-refractivity contribution in [2.75, 3.05) is 25.1 Å². The van der Waals surface area contributed by atoms with Gasteiger partial charge in [0, 0.05) is 43.9 Å². The molecule has 7 heteroatoms. The second-order valence-corrected chi connectivity index (χ2v) is 9.10. The highest BCUT2D eigenvalue weighted by Gasteiger charge is 2.30. The second-order valence-electron chi connectivity index (χ2n) is 9.10. The van der Waals surface area contributed by atoms with Crippen LogP contribution in [0.2, 0.25) is 0 Å². The molecule has 1 atom stereocenters. The van der Waals surface area contributed by atoms with Gasteiger partial charge in [0.15, 0.2) is 0 Å². The number of hydrogen-bond acceptors (Lipinski definition) is 5. The van der Waals surface area contributed by atoms with Gasteiger partial charge >= 0.3 is 5.97 Å². The maximum Gasteiger partial charge on any atom is 0.328 e. The average molecular weight is 475 g/mol. The molecule has 0 aliphatic carbocycles. The van der Waals surface area contributed by atoms with Gasteiger partial charge in [0.1, 0.15) is 6.04 Å². The van der Waals surface area contributed by atoms with Crippen molar-refractivity contribution in [3.63, 3.8) is 0 Å². The number of aryl methyl sites for hydroxylation is 1. The van der Waals surface area contributed by atoms with Crippen LogP contribution in [0.1, 0.15) is 36.6 Å². The predicted octanol–water partition coefficient (Wildman–Crippen LogP) is 3.61. The molecule has 0 saturated carbocycles. The minimum atomic E-state index is -0.758. The molecule has 3 aromatic rings. The van der Waals surface area contributed by atoms with Gasteiger partial charge in [-0.25, -0.2) is 9.78 Å². The van der Waals surface area contributed by atoms with Gasteiger partial charge in [-0.15, -0.1) is 0 Å². The van der Waals surface area contributed by atoms with E-state index < -0.39 is 12.0 Å². The number of methoxy groups -OCH3 is 1. The summed E-state index contributed by atoms with van der Waals surface area (Å²) < 4.78 is 6.95. The number of hydrogen-bond donors (Lipinski definition) is 1. The van der Waals surface area contributed by atoms with Crippen molar-refractivity contribution in [3.8, 4) is 0 Å². The number of carbonyl (C=O) groups excluding carboxylic acids is 2. The fraction of sp³-hybridized carbons (Fsp3) is 0.393. The van der Waals surface area contributed by atoms with Crippen LogP contribution in [0, 0.1) is 5.92 Å². The molecular weight excluding hydrogens is 440 g/mol. The number of piperidine rings is 1. The van der Waals surface area contributed by atoms with E-state index >= 15 is 0 Å². The SMILES string of the molecule is CCc1cccc(N2CCC(C(=O)NC(Cc3cn(Cc4ccccc4)cn3)C(=O)OC)CC2)c1. The summed E-state index contributed by atoms with van der Waals surface area (Å²) in [6, 6.07) is 17.9. The van der Waals surface area contributed by atoms with Gasteiger partial charge in [0.2, 0.25) is 5.91 Å². The number of benzene rings is 2. The highest BCUT2D eigenvalue weighted by molar-refractivity contribution is 5.86. The van der Waals surface area contributed by atoms with Crippen molar-refractivity contribution in [2.45, 2.75) is 45.2 Å². The molecular formula is C28H34N4O3. The van der Waals surface area contributed by atoms with Gasteiger partial charge in [0.05, 0.1) is 19.1 Å².